The number of Topliss-reactive ketones (excluding diaryl/α,β-unsaturated/α-hetero) is 1. The Morgan fingerprint density at radius 3 is 3.06 bits per heavy atom. The summed E-state index contributed by atoms with van der Waals surface area (Å²) in [6, 6.07) is 0. The molecule has 0 aliphatic rings. The zero-order valence-corrected chi connectivity index (χ0v) is 11.6. The van der Waals surface area contributed by atoms with Gasteiger partial charge < -0.3 is 9.29 Å². The van der Waals surface area contributed by atoms with Crippen LogP contribution in [0.3, 0.4) is 0 Å². The van der Waals surface area contributed by atoms with Crippen molar-refractivity contribution < 1.29 is 14.1 Å². The first-order valence-electron chi connectivity index (χ1n) is 6.50. The summed E-state index contributed by atoms with van der Waals surface area (Å²) in [7, 11) is 0.137. The molecule has 0 amide bonds. The summed E-state index contributed by atoms with van der Waals surface area (Å²) in [5, 5.41) is 9.51. The predicted molar refractivity (Wildman–Crippen MR) is 75.5 cm³/mol. The average molecular weight is 260 g/mol. The molecule has 0 saturated heterocycles. The number of carbonyl (C=O) groups is 1. The van der Waals surface area contributed by atoms with E-state index in [0.717, 1.165) is 11.9 Å². The highest BCUT2D eigenvalue weighted by atomic mass is 32.2. The van der Waals surface area contributed by atoms with Crippen LogP contribution in [0, 0.1) is 5.41 Å². The maximum absolute atomic E-state index is 12.0. The fourth-order valence-corrected chi connectivity index (χ4v) is 1.79. The summed E-state index contributed by atoms with van der Waals surface area (Å²) < 4.78 is 12.1. The van der Waals surface area contributed by atoms with Crippen LogP contribution in [0.4, 0.5) is 0 Å². The highest BCUT2D eigenvalue weighted by Crippen LogP contribution is 2.22. The van der Waals surface area contributed by atoms with Crippen molar-refractivity contribution in [1.82, 2.24) is 0 Å². The summed E-state index contributed by atoms with van der Waals surface area (Å²) in [5.41, 5.74) is -0.522. The Bertz CT molecular complexity index is 262. The highest BCUT2D eigenvalue weighted by molar-refractivity contribution is 8.15. The van der Waals surface area contributed by atoms with Gasteiger partial charge in [0.25, 0.3) is 0 Å². The third-order valence-corrected chi connectivity index (χ3v) is 2.92. The molecule has 0 saturated carbocycles. The topological polar surface area (TPSA) is 46.5 Å². The molecule has 0 bridgehead atoms. The van der Waals surface area contributed by atoms with Gasteiger partial charge in [0, 0.05) is 11.8 Å². The van der Waals surface area contributed by atoms with Crippen molar-refractivity contribution in [2.45, 2.75) is 45.6 Å². The number of carbonyl (C=O) groups excluding carboxylic acids is 1. The highest BCUT2D eigenvalue weighted by Gasteiger charge is 2.27. The summed E-state index contributed by atoms with van der Waals surface area (Å²) in [6.45, 7) is 7.58. The van der Waals surface area contributed by atoms with Crippen molar-refractivity contribution >= 4 is 24.8 Å². The monoisotopic (exact) mass is 260 g/mol. The number of hydrogen-bond acceptors (Lipinski definition) is 4. The number of aliphatic hydroxyl groups is 1. The van der Waals surface area contributed by atoms with E-state index in [2.05, 4.69) is 6.58 Å². The van der Waals surface area contributed by atoms with E-state index in [1.807, 2.05) is 13.8 Å². The first-order chi connectivity index (χ1) is 8.44. The van der Waals surface area contributed by atoms with E-state index in [1.165, 1.54) is 0 Å². The molecule has 0 aromatic carbocycles. The lowest BCUT2D eigenvalue weighted by Crippen LogP contribution is -2.28. The number of aliphatic hydroxyl groups excluding tert-OH is 1. The second-order valence-corrected chi connectivity index (χ2v) is 5.23. The molecule has 0 heterocycles. The minimum atomic E-state index is -0.522. The van der Waals surface area contributed by atoms with Crippen LogP contribution in [0.25, 0.3) is 0 Å². The van der Waals surface area contributed by atoms with Crippen LogP contribution in [0.2, 0.25) is 0 Å². The van der Waals surface area contributed by atoms with Crippen molar-refractivity contribution in [2.75, 3.05) is 6.61 Å². The van der Waals surface area contributed by atoms with E-state index >= 15 is 0 Å². The zero-order valence-electron chi connectivity index (χ0n) is 11.8. The third-order valence-electron chi connectivity index (χ3n) is 2.64. The molecule has 0 aromatic rings. The molecule has 0 unspecified atom stereocenters. The predicted octanol–water partition coefficient (Wildman–Crippen LogP) is 1.90. The van der Waals surface area contributed by atoms with E-state index in [0.29, 0.717) is 32.3 Å². The van der Waals surface area contributed by atoms with Crippen LogP contribution >= 0.6 is 11.9 Å². The van der Waals surface area contributed by atoms with Gasteiger partial charge in [-0.05, 0) is 20.6 Å². The molecule has 0 radical (unpaired) electrons. The van der Waals surface area contributed by atoms with E-state index in [9.17, 15) is 9.90 Å². The van der Waals surface area contributed by atoms with Gasteiger partial charge in [0.15, 0.2) is 0 Å². The lowest BCUT2D eigenvalue weighted by atomic mass is 9.86. The lowest BCUT2D eigenvalue weighted by Gasteiger charge is -2.22. The van der Waals surface area contributed by atoms with Gasteiger partial charge in [-0.1, -0.05) is 31.8 Å². The molecule has 98 valence electrons. The Hall–Kier alpha value is -0.255. The summed E-state index contributed by atoms with van der Waals surface area (Å²) in [6.07, 6.45) is 3.62. The molecule has 0 aromatic heterocycles. The molecule has 3 nitrogen and oxygen atoms in total. The standard InChI is InChI=1S/C12H23BO3S/c1-4-6-10(14)7-5-8-11(15)12(2,3)9-16-17-13/h4,10,14H,1,5-9,13H2,2-3H3/t10-/m1/s1/i13T. The fraction of sp³-hybridized carbons (Fsp3) is 0.750. The van der Waals surface area contributed by atoms with Crippen LogP contribution in [-0.2, 0) is 8.98 Å². The summed E-state index contributed by atoms with van der Waals surface area (Å²) in [4.78, 5) is 12.0. The molecule has 17 heavy (non-hydrogen) atoms. The molecule has 0 fully saturated rings. The van der Waals surface area contributed by atoms with Crippen LogP contribution in [-0.4, -0.2) is 32.0 Å². The first-order valence-corrected chi connectivity index (χ1v) is 6.71. The SMILES string of the molecule is [3H]BSOCC(C)(C)C(=O)CCC[C@H](O)CC=C. The van der Waals surface area contributed by atoms with E-state index < -0.39 is 11.5 Å². The van der Waals surface area contributed by atoms with Crippen LogP contribution in [0.15, 0.2) is 12.7 Å². The Kier molecular flexibility index (Phi) is 7.65. The average Bonchev–Trinajstić information content (AvgIpc) is 2.29. The summed E-state index contributed by atoms with van der Waals surface area (Å²) in [5.74, 6) is 0.138. The number of ketones is 1. The maximum atomic E-state index is 12.0. The van der Waals surface area contributed by atoms with Crippen molar-refractivity contribution in [1.29, 1.82) is 1.34 Å². The normalized spacial score (nSPS) is 13.9. The molecule has 0 rings (SSSR count). The molecular formula is C12H23BO3S. The van der Waals surface area contributed by atoms with Gasteiger partial charge in [0.1, 0.15) is 5.78 Å². The molecule has 0 spiro atoms. The van der Waals surface area contributed by atoms with Crippen molar-refractivity contribution in [3.8, 4) is 0 Å². The van der Waals surface area contributed by atoms with E-state index in [1.54, 1.807) is 6.08 Å². The molecule has 0 aliphatic heterocycles. The molecule has 1 atom stereocenters. The summed E-state index contributed by atoms with van der Waals surface area (Å²) >= 11 is 1.05. The maximum Gasteiger partial charge on any atom is 0.210 e. The van der Waals surface area contributed by atoms with Gasteiger partial charge in [-0.3, -0.25) is 4.79 Å². The fourth-order valence-electron chi connectivity index (χ4n) is 1.42. The molecule has 1 N–H and O–H groups in total. The lowest BCUT2D eigenvalue weighted by molar-refractivity contribution is -0.128. The largest absolute Gasteiger partial charge is 0.393 e. The first kappa shape index (κ1) is 14.8. The second kappa shape index (κ2) is 8.78. The van der Waals surface area contributed by atoms with Crippen molar-refractivity contribution in [3.05, 3.63) is 12.7 Å². The van der Waals surface area contributed by atoms with Gasteiger partial charge >= 0.3 is 0 Å². The number of rotatable bonds is 11. The van der Waals surface area contributed by atoms with Crippen molar-refractivity contribution in [3.63, 3.8) is 0 Å². The molecule has 0 aliphatic carbocycles. The molecular weight excluding hydrogens is 235 g/mol. The number of hydrogen-bond donors (Lipinski definition) is 1. The van der Waals surface area contributed by atoms with Crippen LogP contribution in [0.1, 0.15) is 39.5 Å². The minimum Gasteiger partial charge on any atom is -0.393 e. The van der Waals surface area contributed by atoms with Gasteiger partial charge in [-0.25, -0.2) is 0 Å². The Labute approximate surface area is 111 Å². The van der Waals surface area contributed by atoms with E-state index in [4.69, 9.17) is 5.52 Å². The van der Waals surface area contributed by atoms with Gasteiger partial charge in [0.05, 0.1) is 12.7 Å². The Morgan fingerprint density at radius 2 is 2.47 bits per heavy atom. The van der Waals surface area contributed by atoms with Crippen LogP contribution in [0.5, 0.6) is 0 Å². The van der Waals surface area contributed by atoms with Gasteiger partial charge in [0.2, 0.25) is 7.09 Å². The smallest absolute Gasteiger partial charge is 0.210 e. The van der Waals surface area contributed by atoms with E-state index in [-0.39, 0.29) is 12.9 Å². The second-order valence-electron chi connectivity index (χ2n) is 4.76. The van der Waals surface area contributed by atoms with Gasteiger partial charge in [-0.15, -0.1) is 6.58 Å². The Morgan fingerprint density at radius 1 is 1.76 bits per heavy atom. The van der Waals surface area contributed by atoms with Crippen molar-refractivity contribution in [2.24, 2.45) is 5.41 Å². The third kappa shape index (κ3) is 7.63. The minimum absolute atomic E-state index is 0.137. The molecule has 5 heteroatoms. The zero-order chi connectivity index (χ0) is 14.0. The quantitative estimate of drug-likeness (QED) is 0.267. The Balaban J connectivity index is 3.88. The van der Waals surface area contributed by atoms with Crippen LogP contribution < -0.4 is 0 Å². The van der Waals surface area contributed by atoms with Gasteiger partial charge in [-0.2, -0.15) is 0 Å².